The summed E-state index contributed by atoms with van der Waals surface area (Å²) in [5.41, 5.74) is 3.20. The fourth-order valence-corrected chi connectivity index (χ4v) is 2.49. The van der Waals surface area contributed by atoms with E-state index >= 15 is 0 Å². The van der Waals surface area contributed by atoms with Crippen LogP contribution in [0.3, 0.4) is 0 Å². The van der Waals surface area contributed by atoms with E-state index in [-0.39, 0.29) is 18.3 Å². The van der Waals surface area contributed by atoms with E-state index in [1.807, 2.05) is 0 Å². The van der Waals surface area contributed by atoms with Crippen LogP contribution in [0.15, 0.2) is 18.2 Å². The maximum atomic E-state index is 6.20. The SMILES string of the molecule is Cc1cccc(C(C)C)c1B1OC(C)(C)C(C)(C)O1. The molecule has 0 N–H and O–H groups in total. The topological polar surface area (TPSA) is 18.5 Å². The van der Waals surface area contributed by atoms with E-state index in [0.717, 1.165) is 0 Å². The molecule has 3 heteroatoms. The lowest BCUT2D eigenvalue weighted by Crippen LogP contribution is -2.41. The summed E-state index contributed by atoms with van der Waals surface area (Å²) in [5, 5.41) is 0. The highest BCUT2D eigenvalue weighted by molar-refractivity contribution is 6.63. The van der Waals surface area contributed by atoms with E-state index in [9.17, 15) is 0 Å². The van der Waals surface area contributed by atoms with Crippen LogP contribution in [0.25, 0.3) is 0 Å². The van der Waals surface area contributed by atoms with Crippen molar-refractivity contribution >= 4 is 12.6 Å². The predicted octanol–water partition coefficient (Wildman–Crippen LogP) is 3.42. The van der Waals surface area contributed by atoms with Crippen molar-refractivity contribution in [3.05, 3.63) is 29.3 Å². The monoisotopic (exact) mass is 260 g/mol. The maximum Gasteiger partial charge on any atom is 0.495 e. The molecule has 1 aromatic carbocycles. The minimum Gasteiger partial charge on any atom is -0.399 e. The highest BCUT2D eigenvalue weighted by Gasteiger charge is 2.52. The second-order valence-electron chi connectivity index (χ2n) is 6.82. The summed E-state index contributed by atoms with van der Waals surface area (Å²) in [7, 11) is -0.261. The number of hydrogen-bond acceptors (Lipinski definition) is 2. The average Bonchev–Trinajstić information content (AvgIpc) is 2.47. The molecule has 0 spiro atoms. The molecule has 0 atom stereocenters. The molecule has 0 bridgehead atoms. The van der Waals surface area contributed by atoms with E-state index in [4.69, 9.17) is 9.31 Å². The lowest BCUT2D eigenvalue weighted by atomic mass is 9.71. The minimum absolute atomic E-state index is 0.261. The standard InChI is InChI=1S/C16H25BO2/c1-11(2)13-10-8-9-12(3)14(13)17-18-15(4,5)16(6,7)19-17/h8-11H,1-7H3. The van der Waals surface area contributed by atoms with Crippen molar-refractivity contribution in [2.45, 2.75) is 65.6 Å². The quantitative estimate of drug-likeness (QED) is 0.758. The molecule has 0 radical (unpaired) electrons. The van der Waals surface area contributed by atoms with Gasteiger partial charge in [-0.15, -0.1) is 0 Å². The van der Waals surface area contributed by atoms with Crippen molar-refractivity contribution < 1.29 is 9.31 Å². The van der Waals surface area contributed by atoms with Gasteiger partial charge >= 0.3 is 7.12 Å². The second kappa shape index (κ2) is 4.64. The fraction of sp³-hybridized carbons (Fsp3) is 0.625. The van der Waals surface area contributed by atoms with Gasteiger partial charge in [0.15, 0.2) is 0 Å². The van der Waals surface area contributed by atoms with E-state index in [0.29, 0.717) is 5.92 Å². The Balaban J connectivity index is 2.45. The third kappa shape index (κ3) is 2.46. The molecule has 1 saturated heterocycles. The summed E-state index contributed by atoms with van der Waals surface area (Å²) in [5.74, 6) is 0.467. The molecular formula is C16H25BO2. The Labute approximate surface area is 117 Å². The van der Waals surface area contributed by atoms with Gasteiger partial charge < -0.3 is 9.31 Å². The van der Waals surface area contributed by atoms with Crippen LogP contribution < -0.4 is 5.46 Å². The van der Waals surface area contributed by atoms with Gasteiger partial charge in [0.2, 0.25) is 0 Å². The first-order valence-corrected chi connectivity index (χ1v) is 7.11. The van der Waals surface area contributed by atoms with E-state index in [1.165, 1.54) is 16.6 Å². The minimum atomic E-state index is -0.284. The first-order chi connectivity index (χ1) is 8.66. The molecule has 1 heterocycles. The van der Waals surface area contributed by atoms with Crippen molar-refractivity contribution in [1.29, 1.82) is 0 Å². The molecule has 1 aliphatic heterocycles. The molecule has 2 nitrogen and oxygen atoms in total. The summed E-state index contributed by atoms with van der Waals surface area (Å²) in [4.78, 5) is 0. The third-order valence-corrected chi connectivity index (χ3v) is 4.47. The van der Waals surface area contributed by atoms with Gasteiger partial charge in [0.1, 0.15) is 0 Å². The van der Waals surface area contributed by atoms with Crippen LogP contribution in [-0.4, -0.2) is 18.3 Å². The largest absolute Gasteiger partial charge is 0.495 e. The zero-order valence-corrected chi connectivity index (χ0v) is 13.2. The molecule has 2 rings (SSSR count). The molecule has 0 amide bonds. The van der Waals surface area contributed by atoms with Gasteiger partial charge in [-0.3, -0.25) is 0 Å². The highest BCUT2D eigenvalue weighted by Crippen LogP contribution is 2.37. The molecule has 0 saturated carbocycles. The Hall–Kier alpha value is -0.795. The lowest BCUT2D eigenvalue weighted by Gasteiger charge is -2.32. The number of benzene rings is 1. The van der Waals surface area contributed by atoms with Gasteiger partial charge in [0.25, 0.3) is 0 Å². The summed E-state index contributed by atoms with van der Waals surface area (Å²) in [6.45, 7) is 14.9. The maximum absolute atomic E-state index is 6.20. The zero-order chi connectivity index (χ0) is 14.4. The van der Waals surface area contributed by atoms with Crippen LogP contribution in [0.4, 0.5) is 0 Å². The Bertz CT molecular complexity index is 462. The van der Waals surface area contributed by atoms with Crippen LogP contribution in [0, 0.1) is 6.92 Å². The molecule has 0 unspecified atom stereocenters. The molecule has 104 valence electrons. The zero-order valence-electron chi connectivity index (χ0n) is 13.2. The smallest absolute Gasteiger partial charge is 0.399 e. The first-order valence-electron chi connectivity index (χ1n) is 7.11. The van der Waals surface area contributed by atoms with Crippen molar-refractivity contribution in [3.63, 3.8) is 0 Å². The van der Waals surface area contributed by atoms with Gasteiger partial charge in [-0.05, 0) is 51.6 Å². The predicted molar refractivity (Wildman–Crippen MR) is 81.0 cm³/mol. The summed E-state index contributed by atoms with van der Waals surface area (Å²) in [6.07, 6.45) is 0. The van der Waals surface area contributed by atoms with Crippen LogP contribution in [0.2, 0.25) is 0 Å². The van der Waals surface area contributed by atoms with Crippen LogP contribution >= 0.6 is 0 Å². The Morgan fingerprint density at radius 3 is 2.00 bits per heavy atom. The van der Waals surface area contributed by atoms with E-state index < -0.39 is 0 Å². The summed E-state index contributed by atoms with van der Waals surface area (Å²) < 4.78 is 12.4. The van der Waals surface area contributed by atoms with Crippen LogP contribution in [-0.2, 0) is 9.31 Å². The summed E-state index contributed by atoms with van der Waals surface area (Å²) >= 11 is 0. The van der Waals surface area contributed by atoms with E-state index in [2.05, 4.69) is 66.7 Å². The van der Waals surface area contributed by atoms with Crippen LogP contribution in [0.1, 0.15) is 58.6 Å². The normalized spacial score (nSPS) is 21.2. The molecular weight excluding hydrogens is 235 g/mol. The lowest BCUT2D eigenvalue weighted by molar-refractivity contribution is 0.00578. The van der Waals surface area contributed by atoms with Crippen LogP contribution in [0.5, 0.6) is 0 Å². The van der Waals surface area contributed by atoms with Gasteiger partial charge in [0.05, 0.1) is 11.2 Å². The Morgan fingerprint density at radius 1 is 1.00 bits per heavy atom. The second-order valence-corrected chi connectivity index (χ2v) is 6.82. The Morgan fingerprint density at radius 2 is 1.53 bits per heavy atom. The third-order valence-electron chi connectivity index (χ3n) is 4.47. The van der Waals surface area contributed by atoms with Gasteiger partial charge in [-0.1, -0.05) is 37.6 Å². The number of rotatable bonds is 2. The first kappa shape index (κ1) is 14.6. The van der Waals surface area contributed by atoms with Crippen molar-refractivity contribution in [3.8, 4) is 0 Å². The molecule has 1 aromatic rings. The molecule has 0 aromatic heterocycles. The average molecular weight is 260 g/mol. The van der Waals surface area contributed by atoms with Crippen molar-refractivity contribution in [1.82, 2.24) is 0 Å². The molecule has 0 aliphatic carbocycles. The number of aryl methyl sites for hydroxylation is 1. The van der Waals surface area contributed by atoms with Crippen molar-refractivity contribution in [2.75, 3.05) is 0 Å². The number of hydrogen-bond donors (Lipinski definition) is 0. The summed E-state index contributed by atoms with van der Waals surface area (Å²) in [6, 6.07) is 6.42. The highest BCUT2D eigenvalue weighted by atomic mass is 16.7. The van der Waals surface area contributed by atoms with Crippen molar-refractivity contribution in [2.24, 2.45) is 0 Å². The Kier molecular flexibility index (Phi) is 3.57. The van der Waals surface area contributed by atoms with E-state index in [1.54, 1.807) is 0 Å². The van der Waals surface area contributed by atoms with Gasteiger partial charge in [0, 0.05) is 0 Å². The van der Waals surface area contributed by atoms with Gasteiger partial charge in [-0.2, -0.15) is 0 Å². The fourth-order valence-electron chi connectivity index (χ4n) is 2.49. The molecule has 1 fully saturated rings. The molecule has 1 aliphatic rings. The molecule has 19 heavy (non-hydrogen) atoms. The van der Waals surface area contributed by atoms with Gasteiger partial charge in [-0.25, -0.2) is 0 Å².